The Labute approximate surface area is 179 Å². The van der Waals surface area contributed by atoms with Crippen LogP contribution >= 0.6 is 11.6 Å². The largest absolute Gasteiger partial charge is 0.481 e. The quantitative estimate of drug-likeness (QED) is 0.419. The molecule has 4 rings (SSSR count). The van der Waals surface area contributed by atoms with Gasteiger partial charge in [0.05, 0.1) is 0 Å². The molecule has 0 unspecified atom stereocenters. The van der Waals surface area contributed by atoms with Gasteiger partial charge >= 0.3 is 0 Å². The second-order valence-corrected chi connectivity index (χ2v) is 7.67. The predicted octanol–water partition coefficient (Wildman–Crippen LogP) is 6.17. The molecule has 1 heterocycles. The number of fused-ring (bicyclic) bond motifs is 1. The molecule has 1 aromatic heterocycles. The van der Waals surface area contributed by atoms with Gasteiger partial charge in [0, 0.05) is 16.3 Å². The topological polar surface area (TPSA) is 64.4 Å². The zero-order chi connectivity index (χ0) is 21.3. The summed E-state index contributed by atoms with van der Waals surface area (Å²) in [5.74, 6) is 0.875. The number of oxazole rings is 1. The number of ether oxygens (including phenoxy) is 1. The number of rotatable bonds is 5. The molecule has 152 valence electrons. The Morgan fingerprint density at radius 1 is 1.10 bits per heavy atom. The summed E-state index contributed by atoms with van der Waals surface area (Å²) in [6.45, 7) is 5.60. The molecule has 0 saturated carbocycles. The van der Waals surface area contributed by atoms with Crippen LogP contribution in [0, 0.1) is 13.8 Å². The number of aromatic nitrogens is 1. The van der Waals surface area contributed by atoms with Gasteiger partial charge in [0.15, 0.2) is 11.7 Å². The van der Waals surface area contributed by atoms with Crippen molar-refractivity contribution in [3.63, 3.8) is 0 Å². The van der Waals surface area contributed by atoms with E-state index >= 15 is 0 Å². The molecule has 4 aromatic rings. The average molecular weight is 421 g/mol. The first-order chi connectivity index (χ1) is 14.4. The van der Waals surface area contributed by atoms with E-state index < -0.39 is 6.10 Å². The van der Waals surface area contributed by atoms with Crippen molar-refractivity contribution in [2.75, 3.05) is 5.32 Å². The number of anilines is 1. The highest BCUT2D eigenvalue weighted by Gasteiger charge is 2.17. The number of aryl methyl sites for hydroxylation is 2. The zero-order valence-corrected chi connectivity index (χ0v) is 17.7. The van der Waals surface area contributed by atoms with E-state index in [1.54, 1.807) is 25.1 Å². The Kier molecular flexibility index (Phi) is 5.46. The molecule has 1 amide bonds. The lowest BCUT2D eigenvalue weighted by molar-refractivity contribution is -0.122. The lowest BCUT2D eigenvalue weighted by atomic mass is 10.2. The van der Waals surface area contributed by atoms with E-state index in [0.29, 0.717) is 22.4 Å². The van der Waals surface area contributed by atoms with E-state index in [1.165, 1.54) is 0 Å². The molecule has 3 aromatic carbocycles. The first-order valence-electron chi connectivity index (χ1n) is 9.60. The minimum Gasteiger partial charge on any atom is -0.481 e. The Hall–Kier alpha value is -3.31. The average Bonchev–Trinajstić information content (AvgIpc) is 3.13. The lowest BCUT2D eigenvalue weighted by Gasteiger charge is -2.16. The van der Waals surface area contributed by atoms with E-state index in [-0.39, 0.29) is 5.91 Å². The third kappa shape index (κ3) is 4.31. The van der Waals surface area contributed by atoms with Crippen LogP contribution in [0.15, 0.2) is 65.1 Å². The summed E-state index contributed by atoms with van der Waals surface area (Å²) >= 11 is 5.97. The van der Waals surface area contributed by atoms with Gasteiger partial charge in [-0.25, -0.2) is 4.98 Å². The summed E-state index contributed by atoms with van der Waals surface area (Å²) in [6, 6.07) is 18.5. The van der Waals surface area contributed by atoms with E-state index in [0.717, 1.165) is 27.8 Å². The summed E-state index contributed by atoms with van der Waals surface area (Å²) < 4.78 is 11.7. The van der Waals surface area contributed by atoms with E-state index in [2.05, 4.69) is 10.3 Å². The second-order valence-electron chi connectivity index (χ2n) is 7.23. The molecule has 1 N–H and O–H groups in total. The first-order valence-corrected chi connectivity index (χ1v) is 9.98. The molecule has 0 bridgehead atoms. The summed E-state index contributed by atoms with van der Waals surface area (Å²) in [7, 11) is 0. The van der Waals surface area contributed by atoms with Crippen molar-refractivity contribution in [3.8, 4) is 17.2 Å². The van der Waals surface area contributed by atoms with Crippen LogP contribution in [-0.4, -0.2) is 17.0 Å². The molecule has 30 heavy (non-hydrogen) atoms. The number of nitrogens with one attached hydrogen (secondary N) is 1. The zero-order valence-electron chi connectivity index (χ0n) is 16.9. The van der Waals surface area contributed by atoms with Crippen LogP contribution in [0.2, 0.25) is 5.02 Å². The molecule has 0 aliphatic rings. The minimum atomic E-state index is -0.680. The van der Waals surface area contributed by atoms with E-state index in [4.69, 9.17) is 20.8 Å². The fourth-order valence-corrected chi connectivity index (χ4v) is 3.35. The number of benzene rings is 3. The summed E-state index contributed by atoms with van der Waals surface area (Å²) in [6.07, 6.45) is -0.680. The molecule has 6 heteroatoms. The van der Waals surface area contributed by atoms with Crippen molar-refractivity contribution in [1.29, 1.82) is 0 Å². The van der Waals surface area contributed by atoms with Gasteiger partial charge < -0.3 is 14.5 Å². The van der Waals surface area contributed by atoms with Crippen LogP contribution in [0.1, 0.15) is 18.1 Å². The van der Waals surface area contributed by atoms with Crippen LogP contribution < -0.4 is 10.1 Å². The molecule has 0 saturated heterocycles. The van der Waals surface area contributed by atoms with Crippen LogP contribution in [0.25, 0.3) is 22.6 Å². The number of amides is 1. The Balaban J connectivity index is 1.49. The summed E-state index contributed by atoms with van der Waals surface area (Å²) in [4.78, 5) is 17.2. The van der Waals surface area contributed by atoms with Gasteiger partial charge in [-0.15, -0.1) is 0 Å². The van der Waals surface area contributed by atoms with Crippen molar-refractivity contribution < 1.29 is 13.9 Å². The normalized spacial score (nSPS) is 12.0. The second kappa shape index (κ2) is 8.20. The van der Waals surface area contributed by atoms with Crippen molar-refractivity contribution in [2.24, 2.45) is 0 Å². The van der Waals surface area contributed by atoms with E-state index in [1.807, 2.05) is 56.3 Å². The van der Waals surface area contributed by atoms with Crippen LogP contribution in [-0.2, 0) is 4.79 Å². The maximum atomic E-state index is 12.6. The standard InChI is InChI=1S/C24H21ClN2O3/c1-14-7-9-22-20(11-14)27-24(30-22)17-5-4-6-19(13-17)26-23(28)16(3)29-21-10-8-18(25)12-15(21)2/h4-13,16H,1-3H3,(H,26,28)/t16-/m1/s1. The third-order valence-electron chi connectivity index (χ3n) is 4.73. The summed E-state index contributed by atoms with van der Waals surface area (Å²) in [5, 5.41) is 3.51. The van der Waals surface area contributed by atoms with Gasteiger partial charge in [-0.1, -0.05) is 23.7 Å². The highest BCUT2D eigenvalue weighted by molar-refractivity contribution is 6.30. The number of carbonyl (C=O) groups is 1. The van der Waals surface area contributed by atoms with Gasteiger partial charge in [-0.2, -0.15) is 0 Å². The fourth-order valence-electron chi connectivity index (χ4n) is 3.12. The number of halogens is 1. The maximum absolute atomic E-state index is 12.6. The number of nitrogens with zero attached hydrogens (tertiary/aromatic N) is 1. The van der Waals surface area contributed by atoms with Crippen LogP contribution in [0.3, 0.4) is 0 Å². The number of hydrogen-bond acceptors (Lipinski definition) is 4. The first kappa shape index (κ1) is 20.0. The smallest absolute Gasteiger partial charge is 0.265 e. The molecule has 0 radical (unpaired) electrons. The molecular weight excluding hydrogens is 400 g/mol. The Morgan fingerprint density at radius 3 is 2.73 bits per heavy atom. The molecule has 0 aliphatic carbocycles. The number of carbonyl (C=O) groups excluding carboxylic acids is 1. The van der Waals surface area contributed by atoms with Crippen LogP contribution in [0.5, 0.6) is 5.75 Å². The van der Waals surface area contributed by atoms with Crippen molar-refractivity contribution in [2.45, 2.75) is 26.9 Å². The monoisotopic (exact) mass is 420 g/mol. The van der Waals surface area contributed by atoms with Crippen LogP contribution in [0.4, 0.5) is 5.69 Å². The van der Waals surface area contributed by atoms with Gasteiger partial charge in [0.1, 0.15) is 11.3 Å². The van der Waals surface area contributed by atoms with Gasteiger partial charge in [0.2, 0.25) is 5.89 Å². The molecule has 5 nitrogen and oxygen atoms in total. The van der Waals surface area contributed by atoms with Gasteiger partial charge in [0.25, 0.3) is 5.91 Å². The molecule has 0 aliphatic heterocycles. The third-order valence-corrected chi connectivity index (χ3v) is 4.97. The highest BCUT2D eigenvalue weighted by atomic mass is 35.5. The SMILES string of the molecule is Cc1ccc2oc(-c3cccc(NC(=O)[C@@H](C)Oc4ccc(Cl)cc4C)c3)nc2c1. The molecular formula is C24H21ClN2O3. The predicted molar refractivity (Wildman–Crippen MR) is 119 cm³/mol. The van der Waals surface area contributed by atoms with Crippen molar-refractivity contribution in [1.82, 2.24) is 4.98 Å². The van der Waals surface area contributed by atoms with Crippen molar-refractivity contribution in [3.05, 3.63) is 76.8 Å². The minimum absolute atomic E-state index is 0.255. The molecule has 0 fully saturated rings. The van der Waals surface area contributed by atoms with Gasteiger partial charge in [-0.05, 0) is 80.4 Å². The maximum Gasteiger partial charge on any atom is 0.265 e. The van der Waals surface area contributed by atoms with Gasteiger partial charge in [-0.3, -0.25) is 4.79 Å². The van der Waals surface area contributed by atoms with E-state index in [9.17, 15) is 4.79 Å². The molecule has 1 atom stereocenters. The fraction of sp³-hybridized carbons (Fsp3) is 0.167. The number of hydrogen-bond donors (Lipinski definition) is 1. The molecule has 0 spiro atoms. The summed E-state index contributed by atoms with van der Waals surface area (Å²) in [5.41, 5.74) is 4.94. The Bertz CT molecular complexity index is 1230. The van der Waals surface area contributed by atoms with Crippen molar-refractivity contribution >= 4 is 34.3 Å². The lowest BCUT2D eigenvalue weighted by Crippen LogP contribution is -2.30. The highest BCUT2D eigenvalue weighted by Crippen LogP contribution is 2.27. The Morgan fingerprint density at radius 2 is 1.93 bits per heavy atom.